The predicted octanol–water partition coefficient (Wildman–Crippen LogP) is 4.68. The number of methoxy groups -OCH3 is 1. The third-order valence-corrected chi connectivity index (χ3v) is 9.40. The molecule has 0 aromatic rings. The molecule has 0 aromatic carbocycles. The first kappa shape index (κ1) is 28.9. The molecule has 0 spiro atoms. The summed E-state index contributed by atoms with van der Waals surface area (Å²) in [6.07, 6.45) is 1.72. The van der Waals surface area contributed by atoms with Crippen LogP contribution in [0.25, 0.3) is 0 Å². The van der Waals surface area contributed by atoms with Crippen LogP contribution in [0.4, 0.5) is 0 Å². The Morgan fingerprint density at radius 3 is 1.88 bits per heavy atom. The van der Waals surface area contributed by atoms with Gasteiger partial charge in [-0.15, -0.1) is 0 Å². The normalized spacial score (nSPS) is 26.2. The van der Waals surface area contributed by atoms with Gasteiger partial charge in [-0.1, -0.05) is 39.3 Å². The molecule has 2 aliphatic heterocycles. The first-order chi connectivity index (χ1) is 15.3. The van der Waals surface area contributed by atoms with Gasteiger partial charge in [0.1, 0.15) is 17.9 Å². The fourth-order valence-corrected chi connectivity index (χ4v) is 5.52. The molecule has 0 N–H and O–H groups in total. The molecule has 0 radical (unpaired) electrons. The van der Waals surface area contributed by atoms with Crippen LogP contribution < -0.4 is 0 Å². The van der Waals surface area contributed by atoms with Gasteiger partial charge in [-0.05, 0) is 38.8 Å². The van der Waals surface area contributed by atoms with Gasteiger partial charge >= 0.3 is 0 Å². The van der Waals surface area contributed by atoms with Crippen LogP contribution in [0.5, 0.6) is 0 Å². The molecule has 0 unspecified atom stereocenters. The van der Waals surface area contributed by atoms with Gasteiger partial charge < -0.3 is 23.7 Å². The summed E-state index contributed by atoms with van der Waals surface area (Å²) in [6, 6.07) is 2.56. The maximum Gasteiger partial charge on any atom is 0.164 e. The van der Waals surface area contributed by atoms with E-state index in [1.165, 1.54) is 0 Å². The minimum absolute atomic E-state index is 0.246. The van der Waals surface area contributed by atoms with Gasteiger partial charge in [0.05, 0.1) is 25.9 Å². The van der Waals surface area contributed by atoms with Crippen LogP contribution in [0.2, 0.25) is 51.4 Å². The molecule has 9 heteroatoms. The molecule has 2 fully saturated rings. The van der Waals surface area contributed by atoms with Crippen molar-refractivity contribution in [3.8, 4) is 0 Å². The van der Waals surface area contributed by atoms with Crippen LogP contribution in [-0.2, 0) is 23.7 Å². The van der Waals surface area contributed by atoms with Crippen LogP contribution in [0, 0.1) is 0 Å². The Kier molecular flexibility index (Phi) is 11.0. The highest BCUT2D eigenvalue weighted by Crippen LogP contribution is 2.28. The van der Waals surface area contributed by atoms with Crippen molar-refractivity contribution in [2.75, 3.05) is 46.7 Å². The fraction of sp³-hybridized carbons (Fsp3) is 0.958. The lowest BCUT2D eigenvalue weighted by Gasteiger charge is -2.42. The van der Waals surface area contributed by atoms with Crippen molar-refractivity contribution in [1.82, 2.24) is 5.01 Å². The molecule has 0 saturated carbocycles. The van der Waals surface area contributed by atoms with Crippen LogP contribution in [0.15, 0.2) is 5.10 Å². The number of hydrazone groups is 1. The SMILES string of the molecule is COC[C@@H]1CCCN1N=C1[C@H](COCC[Si](C)(C)C)OC(C)(C)O[C@H]1COCC[Si](C)(C)C. The van der Waals surface area contributed by atoms with Crippen molar-refractivity contribution in [3.63, 3.8) is 0 Å². The van der Waals surface area contributed by atoms with E-state index in [9.17, 15) is 0 Å². The third kappa shape index (κ3) is 10.9. The Labute approximate surface area is 204 Å². The monoisotopic (exact) mass is 502 g/mol. The second-order valence-electron chi connectivity index (χ2n) is 12.3. The number of rotatable bonds is 13. The first-order valence-corrected chi connectivity index (χ1v) is 20.1. The average Bonchev–Trinajstić information content (AvgIpc) is 3.10. The molecule has 194 valence electrons. The topological polar surface area (TPSA) is 61.8 Å². The summed E-state index contributed by atoms with van der Waals surface area (Å²) in [5.41, 5.74) is 0.887. The van der Waals surface area contributed by atoms with Crippen molar-refractivity contribution in [1.29, 1.82) is 0 Å². The zero-order valence-electron chi connectivity index (χ0n) is 22.7. The molecule has 0 amide bonds. The summed E-state index contributed by atoms with van der Waals surface area (Å²) in [7, 11) is -0.542. The number of ether oxygens (including phenoxy) is 5. The highest BCUT2D eigenvalue weighted by molar-refractivity contribution is 6.76. The van der Waals surface area contributed by atoms with E-state index in [2.05, 4.69) is 44.3 Å². The van der Waals surface area contributed by atoms with Crippen molar-refractivity contribution in [2.45, 2.75) is 102 Å². The third-order valence-electron chi connectivity index (χ3n) is 5.99. The zero-order valence-corrected chi connectivity index (χ0v) is 24.7. The Hall–Kier alpha value is -0.296. The van der Waals surface area contributed by atoms with Gasteiger partial charge in [-0.3, -0.25) is 5.01 Å². The van der Waals surface area contributed by atoms with Crippen LogP contribution >= 0.6 is 0 Å². The molecule has 2 aliphatic rings. The molecule has 33 heavy (non-hydrogen) atoms. The van der Waals surface area contributed by atoms with E-state index in [0.29, 0.717) is 25.9 Å². The van der Waals surface area contributed by atoms with Gasteiger partial charge in [0.2, 0.25) is 0 Å². The maximum absolute atomic E-state index is 6.34. The lowest BCUT2D eigenvalue weighted by molar-refractivity contribution is -0.267. The quantitative estimate of drug-likeness (QED) is 0.269. The first-order valence-electron chi connectivity index (χ1n) is 12.6. The molecule has 2 saturated heterocycles. The number of hydrogen-bond donors (Lipinski definition) is 0. The Morgan fingerprint density at radius 1 is 0.909 bits per heavy atom. The predicted molar refractivity (Wildman–Crippen MR) is 141 cm³/mol. The lowest BCUT2D eigenvalue weighted by atomic mass is 10.1. The van der Waals surface area contributed by atoms with Gasteiger partial charge in [0.15, 0.2) is 5.79 Å². The van der Waals surface area contributed by atoms with E-state index in [1.54, 1.807) is 7.11 Å². The molecular weight excluding hydrogens is 452 g/mol. The van der Waals surface area contributed by atoms with E-state index >= 15 is 0 Å². The fourth-order valence-electron chi connectivity index (χ4n) is 4.01. The summed E-state index contributed by atoms with van der Waals surface area (Å²) >= 11 is 0. The maximum atomic E-state index is 6.34. The van der Waals surface area contributed by atoms with Crippen LogP contribution in [-0.4, -0.2) is 97.6 Å². The molecule has 0 aromatic heterocycles. The highest BCUT2D eigenvalue weighted by atomic mass is 28.3. The summed E-state index contributed by atoms with van der Waals surface area (Å²) in [5.74, 6) is -0.713. The summed E-state index contributed by atoms with van der Waals surface area (Å²) in [6.45, 7) is 22.3. The van der Waals surface area contributed by atoms with Gasteiger partial charge in [0.25, 0.3) is 0 Å². The second kappa shape index (κ2) is 12.6. The lowest BCUT2D eigenvalue weighted by Crippen LogP contribution is -2.55. The van der Waals surface area contributed by atoms with E-state index in [1.807, 2.05) is 13.8 Å². The number of hydrogen-bond acceptors (Lipinski definition) is 7. The summed E-state index contributed by atoms with van der Waals surface area (Å²) in [4.78, 5) is 0. The van der Waals surface area contributed by atoms with Crippen LogP contribution in [0.3, 0.4) is 0 Å². The average molecular weight is 503 g/mol. The highest BCUT2D eigenvalue weighted by Gasteiger charge is 2.42. The molecule has 2 heterocycles. The summed E-state index contributed by atoms with van der Waals surface area (Å²) in [5, 5.41) is 7.26. The van der Waals surface area contributed by atoms with E-state index in [0.717, 1.165) is 50.4 Å². The minimum atomic E-state index is -1.15. The second-order valence-corrected chi connectivity index (χ2v) is 23.6. The Balaban J connectivity index is 2.15. The largest absolute Gasteiger partial charge is 0.382 e. The molecule has 0 aliphatic carbocycles. The van der Waals surface area contributed by atoms with Crippen molar-refractivity contribution >= 4 is 21.9 Å². The van der Waals surface area contributed by atoms with Crippen LogP contribution in [0.1, 0.15) is 26.7 Å². The molecule has 3 atom stereocenters. The standard InChI is InChI=1S/C24H50N2O5Si2/c1-24(2)30-21(18-28-13-15-32(4,5)6)23(25-26-12-10-11-20(26)17-27-3)22(31-24)19-29-14-16-33(7,8)9/h20-22H,10-19H2,1-9H3/t20-,21-,22-/m0/s1. The Bertz CT molecular complexity index is 583. The summed E-state index contributed by atoms with van der Waals surface area (Å²) < 4.78 is 30.4. The van der Waals surface area contributed by atoms with E-state index in [4.69, 9.17) is 28.8 Å². The van der Waals surface area contributed by atoms with Gasteiger partial charge in [-0.25, -0.2) is 0 Å². The van der Waals surface area contributed by atoms with E-state index < -0.39 is 21.9 Å². The smallest absolute Gasteiger partial charge is 0.164 e. The van der Waals surface area contributed by atoms with Gasteiger partial charge in [0, 0.05) is 43.0 Å². The molecular formula is C24H50N2O5Si2. The molecule has 7 nitrogen and oxygen atoms in total. The van der Waals surface area contributed by atoms with E-state index in [-0.39, 0.29) is 12.2 Å². The minimum Gasteiger partial charge on any atom is -0.382 e. The zero-order chi connectivity index (χ0) is 24.7. The van der Waals surface area contributed by atoms with Crippen molar-refractivity contribution in [2.24, 2.45) is 5.10 Å². The van der Waals surface area contributed by atoms with Crippen molar-refractivity contribution in [3.05, 3.63) is 0 Å². The Morgan fingerprint density at radius 2 is 1.42 bits per heavy atom. The van der Waals surface area contributed by atoms with Crippen molar-refractivity contribution < 1.29 is 23.7 Å². The molecule has 0 bridgehead atoms. The molecule has 2 rings (SSSR count). The number of nitrogens with zero attached hydrogens (tertiary/aromatic N) is 2. The van der Waals surface area contributed by atoms with Gasteiger partial charge in [-0.2, -0.15) is 5.10 Å².